The van der Waals surface area contributed by atoms with Crippen molar-refractivity contribution in [2.45, 2.75) is 58.1 Å². The van der Waals surface area contributed by atoms with Gasteiger partial charge in [-0.1, -0.05) is 6.42 Å². The van der Waals surface area contributed by atoms with Gasteiger partial charge in [0.05, 0.1) is 0 Å². The summed E-state index contributed by atoms with van der Waals surface area (Å²) in [6, 6.07) is -0.449. The highest BCUT2D eigenvalue weighted by Gasteiger charge is 2.35. The summed E-state index contributed by atoms with van der Waals surface area (Å²) in [5.74, 6) is -0.729. The molecule has 0 bridgehead atoms. The average molecular weight is 235 g/mol. The first-order valence-corrected chi connectivity index (χ1v) is 5.57. The van der Waals surface area contributed by atoms with Crippen molar-refractivity contribution < 1.29 is 18.3 Å². The second-order valence-corrected chi connectivity index (χ2v) is 5.18. The molecular weight excluding hydrogens is 216 g/mol. The van der Waals surface area contributed by atoms with Crippen molar-refractivity contribution >= 4 is 6.09 Å². The first kappa shape index (κ1) is 13.2. The van der Waals surface area contributed by atoms with Crippen molar-refractivity contribution in [3.63, 3.8) is 0 Å². The Morgan fingerprint density at radius 3 is 2.50 bits per heavy atom. The number of amides is 1. The number of hydrogen-bond acceptors (Lipinski definition) is 2. The average Bonchev–Trinajstić information content (AvgIpc) is 2.47. The normalized spacial score (nSPS) is 25.9. The van der Waals surface area contributed by atoms with Crippen LogP contribution in [0.25, 0.3) is 0 Å². The summed E-state index contributed by atoms with van der Waals surface area (Å²) in [5.41, 5.74) is -0.594. The van der Waals surface area contributed by atoms with Gasteiger partial charge in [0.1, 0.15) is 5.60 Å². The first-order valence-electron chi connectivity index (χ1n) is 5.57. The molecule has 0 saturated heterocycles. The molecule has 0 aliphatic heterocycles. The molecule has 16 heavy (non-hydrogen) atoms. The van der Waals surface area contributed by atoms with Gasteiger partial charge in [-0.3, -0.25) is 0 Å². The maximum atomic E-state index is 12.6. The largest absolute Gasteiger partial charge is 0.444 e. The smallest absolute Gasteiger partial charge is 0.407 e. The minimum absolute atomic E-state index is 0.449. The maximum Gasteiger partial charge on any atom is 0.407 e. The van der Waals surface area contributed by atoms with Gasteiger partial charge in [-0.25, -0.2) is 13.6 Å². The fourth-order valence-corrected chi connectivity index (χ4v) is 1.93. The molecule has 0 spiro atoms. The van der Waals surface area contributed by atoms with Gasteiger partial charge >= 0.3 is 6.09 Å². The van der Waals surface area contributed by atoms with Crippen LogP contribution in [-0.4, -0.2) is 24.2 Å². The molecule has 1 saturated carbocycles. The second-order valence-electron chi connectivity index (χ2n) is 5.18. The summed E-state index contributed by atoms with van der Waals surface area (Å²) in [4.78, 5) is 11.4. The Hall–Kier alpha value is -0.870. The molecule has 0 aromatic heterocycles. The van der Waals surface area contributed by atoms with Crippen LogP contribution in [0.5, 0.6) is 0 Å². The highest BCUT2D eigenvalue weighted by Crippen LogP contribution is 2.30. The Morgan fingerprint density at radius 1 is 1.38 bits per heavy atom. The predicted octanol–water partition coefficient (Wildman–Crippen LogP) is 2.94. The van der Waals surface area contributed by atoms with Gasteiger partial charge in [-0.05, 0) is 33.6 Å². The molecule has 0 aromatic rings. The number of carbonyl (C=O) groups excluding carboxylic acids is 1. The third-order valence-corrected chi connectivity index (χ3v) is 2.60. The lowest BCUT2D eigenvalue weighted by molar-refractivity contribution is 0.0383. The number of alkyl carbamates (subject to hydrolysis) is 1. The molecule has 94 valence electrons. The van der Waals surface area contributed by atoms with Gasteiger partial charge < -0.3 is 10.1 Å². The van der Waals surface area contributed by atoms with E-state index >= 15 is 0 Å². The van der Waals surface area contributed by atoms with E-state index in [9.17, 15) is 13.6 Å². The summed E-state index contributed by atoms with van der Waals surface area (Å²) in [6.45, 7) is 5.23. The second kappa shape index (κ2) is 4.97. The van der Waals surface area contributed by atoms with Crippen LogP contribution in [0.2, 0.25) is 0 Å². The molecule has 0 radical (unpaired) electrons. The van der Waals surface area contributed by atoms with E-state index in [0.29, 0.717) is 12.8 Å². The molecule has 1 rings (SSSR count). The van der Waals surface area contributed by atoms with Gasteiger partial charge in [-0.2, -0.15) is 0 Å². The Morgan fingerprint density at radius 2 is 2.00 bits per heavy atom. The summed E-state index contributed by atoms with van der Waals surface area (Å²) in [5, 5.41) is 2.53. The minimum Gasteiger partial charge on any atom is -0.444 e. The molecule has 1 amide bonds. The van der Waals surface area contributed by atoms with E-state index in [1.807, 2.05) is 0 Å². The number of halogens is 2. The lowest BCUT2D eigenvalue weighted by atomic mass is 10.1. The van der Waals surface area contributed by atoms with Crippen LogP contribution in [0.3, 0.4) is 0 Å². The van der Waals surface area contributed by atoms with E-state index in [-0.39, 0.29) is 0 Å². The topological polar surface area (TPSA) is 38.3 Å². The summed E-state index contributed by atoms with van der Waals surface area (Å²) in [7, 11) is 0. The molecule has 0 heterocycles. The zero-order chi connectivity index (χ0) is 12.3. The van der Waals surface area contributed by atoms with Crippen molar-refractivity contribution in [3.8, 4) is 0 Å². The van der Waals surface area contributed by atoms with Crippen LogP contribution in [0.4, 0.5) is 13.6 Å². The maximum absolute atomic E-state index is 12.6. The van der Waals surface area contributed by atoms with Crippen LogP contribution < -0.4 is 5.32 Å². The fraction of sp³-hybridized carbons (Fsp3) is 0.909. The molecule has 2 atom stereocenters. The van der Waals surface area contributed by atoms with Crippen LogP contribution >= 0.6 is 0 Å². The van der Waals surface area contributed by atoms with Gasteiger partial charge in [0.15, 0.2) is 0 Å². The Labute approximate surface area is 94.5 Å². The van der Waals surface area contributed by atoms with Crippen molar-refractivity contribution in [2.24, 2.45) is 5.92 Å². The number of nitrogens with one attached hydrogen (secondary N) is 1. The molecule has 1 fully saturated rings. The molecule has 5 heteroatoms. The number of hydrogen-bond donors (Lipinski definition) is 1. The number of carbonyl (C=O) groups is 1. The number of rotatable bonds is 2. The van der Waals surface area contributed by atoms with E-state index < -0.39 is 30.1 Å². The van der Waals surface area contributed by atoms with Gasteiger partial charge in [0, 0.05) is 12.0 Å². The van der Waals surface area contributed by atoms with Crippen molar-refractivity contribution in [1.29, 1.82) is 0 Å². The van der Waals surface area contributed by atoms with E-state index in [4.69, 9.17) is 4.74 Å². The highest BCUT2D eigenvalue weighted by atomic mass is 19.3. The standard InChI is InChI=1S/C11H19F2NO2/c1-11(2,3)16-10(15)14-8-6-4-5-7(8)9(12)13/h7-9H,4-6H2,1-3H3,(H,14,15)/t7-,8+/m1/s1. The molecule has 1 aliphatic rings. The zero-order valence-corrected chi connectivity index (χ0v) is 9.93. The summed E-state index contributed by atoms with van der Waals surface area (Å²) < 4.78 is 30.2. The SMILES string of the molecule is CC(C)(C)OC(=O)N[C@H]1CCC[C@H]1C(F)F. The first-order chi connectivity index (χ1) is 7.29. The quantitative estimate of drug-likeness (QED) is 0.799. The summed E-state index contributed by atoms with van der Waals surface area (Å²) >= 11 is 0. The van der Waals surface area contributed by atoms with Gasteiger partial charge in [0.2, 0.25) is 6.43 Å². The number of alkyl halides is 2. The Kier molecular flexibility index (Phi) is 4.10. The third-order valence-electron chi connectivity index (χ3n) is 2.60. The third kappa shape index (κ3) is 3.94. The molecule has 0 aromatic carbocycles. The van der Waals surface area contributed by atoms with Crippen LogP contribution in [0, 0.1) is 5.92 Å². The molecule has 1 N–H and O–H groups in total. The van der Waals surface area contributed by atoms with E-state index in [0.717, 1.165) is 6.42 Å². The molecule has 1 aliphatic carbocycles. The van der Waals surface area contributed by atoms with Gasteiger partial charge in [0.25, 0.3) is 0 Å². The monoisotopic (exact) mass is 235 g/mol. The van der Waals surface area contributed by atoms with E-state index in [2.05, 4.69) is 5.32 Å². The van der Waals surface area contributed by atoms with Crippen molar-refractivity contribution in [2.75, 3.05) is 0 Å². The lowest BCUT2D eigenvalue weighted by Gasteiger charge is -2.24. The Bertz CT molecular complexity index is 251. The number of ether oxygens (including phenoxy) is 1. The van der Waals surface area contributed by atoms with Crippen LogP contribution in [0.1, 0.15) is 40.0 Å². The van der Waals surface area contributed by atoms with Gasteiger partial charge in [-0.15, -0.1) is 0 Å². The molecular formula is C11H19F2NO2. The van der Waals surface area contributed by atoms with Crippen molar-refractivity contribution in [3.05, 3.63) is 0 Å². The van der Waals surface area contributed by atoms with E-state index in [1.54, 1.807) is 20.8 Å². The highest BCUT2D eigenvalue weighted by molar-refractivity contribution is 5.68. The lowest BCUT2D eigenvalue weighted by Crippen LogP contribution is -2.42. The van der Waals surface area contributed by atoms with Crippen LogP contribution in [0.15, 0.2) is 0 Å². The van der Waals surface area contributed by atoms with Crippen LogP contribution in [-0.2, 0) is 4.74 Å². The zero-order valence-electron chi connectivity index (χ0n) is 9.93. The molecule has 3 nitrogen and oxygen atoms in total. The fourth-order valence-electron chi connectivity index (χ4n) is 1.93. The minimum atomic E-state index is -2.37. The van der Waals surface area contributed by atoms with Crippen molar-refractivity contribution in [1.82, 2.24) is 5.32 Å². The summed E-state index contributed by atoms with van der Waals surface area (Å²) in [6.07, 6.45) is -1.17. The molecule has 0 unspecified atom stereocenters. The van der Waals surface area contributed by atoms with E-state index in [1.165, 1.54) is 0 Å². The Balaban J connectivity index is 2.44. The predicted molar refractivity (Wildman–Crippen MR) is 56.5 cm³/mol.